The van der Waals surface area contributed by atoms with E-state index in [1.165, 1.54) is 19.1 Å². The van der Waals surface area contributed by atoms with Crippen LogP contribution in [0.25, 0.3) is 0 Å². The fourth-order valence-electron chi connectivity index (χ4n) is 5.19. The first-order chi connectivity index (χ1) is 25.0. The quantitative estimate of drug-likeness (QED) is 0.0865. The van der Waals surface area contributed by atoms with Crippen LogP contribution in [-0.4, -0.2) is 119 Å². The minimum Gasteiger partial charge on any atom is -0.394 e. The maximum atomic E-state index is 13.7. The molecule has 0 saturated carbocycles. The lowest BCUT2D eigenvalue weighted by Crippen LogP contribution is -2.48. The Morgan fingerprint density at radius 1 is 1.00 bits per heavy atom. The molecule has 0 aliphatic carbocycles. The van der Waals surface area contributed by atoms with Crippen molar-refractivity contribution in [2.75, 3.05) is 33.4 Å². The van der Waals surface area contributed by atoms with E-state index in [-0.39, 0.29) is 42.6 Å². The van der Waals surface area contributed by atoms with Gasteiger partial charge in [0.1, 0.15) is 30.0 Å². The summed E-state index contributed by atoms with van der Waals surface area (Å²) in [5, 5.41) is 51.1. The summed E-state index contributed by atoms with van der Waals surface area (Å²) in [7, 11) is -3.50. The van der Waals surface area contributed by atoms with Crippen molar-refractivity contribution in [3.8, 4) is 0 Å². The van der Waals surface area contributed by atoms with Gasteiger partial charge in [-0.15, -0.1) is 9.55 Å². The monoisotopic (exact) mass is 809 g/mol. The lowest BCUT2D eigenvalue weighted by atomic mass is 10.0. The van der Waals surface area contributed by atoms with Gasteiger partial charge >= 0.3 is 25.8 Å². The number of aliphatic hydroxyl groups excluding tert-OH is 5. The summed E-state index contributed by atoms with van der Waals surface area (Å²) in [6, 6.07) is 5.01. The van der Waals surface area contributed by atoms with E-state index in [0.29, 0.717) is 17.7 Å². The van der Waals surface area contributed by atoms with Gasteiger partial charge in [-0.25, -0.2) is 13.8 Å². The van der Waals surface area contributed by atoms with Gasteiger partial charge in [0, 0.05) is 13.1 Å². The molecule has 1 aliphatic heterocycles. The summed E-state index contributed by atoms with van der Waals surface area (Å²) in [5.41, 5.74) is -4.31. The van der Waals surface area contributed by atoms with Crippen molar-refractivity contribution < 1.29 is 80.1 Å². The van der Waals surface area contributed by atoms with Crippen LogP contribution in [0.5, 0.6) is 0 Å². The number of hydrogen-bond acceptors (Lipinski definition) is 12. The molecule has 16 nitrogen and oxygen atoms in total. The van der Waals surface area contributed by atoms with Crippen LogP contribution >= 0.6 is 7.75 Å². The molecular formula is C30H39F7N5O11P. The second-order valence-electron chi connectivity index (χ2n) is 12.0. The molecule has 0 spiro atoms. The number of halogens is 7. The fourth-order valence-corrected chi connectivity index (χ4v) is 5.70. The van der Waals surface area contributed by atoms with E-state index in [4.69, 9.17) is 29.9 Å². The van der Waals surface area contributed by atoms with Crippen molar-refractivity contribution in [3.05, 3.63) is 86.8 Å². The number of rotatable bonds is 13. The molecule has 1 saturated heterocycles. The molecule has 2 aromatic carbocycles. The lowest BCUT2D eigenvalue weighted by Gasteiger charge is -2.41. The van der Waals surface area contributed by atoms with Gasteiger partial charge in [-0.3, -0.25) is 9.88 Å². The molecule has 304 valence electrons. The summed E-state index contributed by atoms with van der Waals surface area (Å²) < 4.78 is 117. The summed E-state index contributed by atoms with van der Waals surface area (Å²) in [6.07, 6.45) is -18.5. The van der Waals surface area contributed by atoms with Crippen LogP contribution in [0.1, 0.15) is 47.1 Å². The number of morpholine rings is 1. The number of nitrogens with one attached hydrogen (secondary N) is 2. The number of H-pyrrole nitrogens is 1. The zero-order valence-corrected chi connectivity index (χ0v) is 29.2. The lowest BCUT2D eigenvalue weighted by molar-refractivity contribution is -0.231. The number of likely N-dealkylation sites (N-methyl/N-ethyl adjacent to an activating group) is 1. The van der Waals surface area contributed by atoms with Gasteiger partial charge in [0.15, 0.2) is 6.29 Å². The van der Waals surface area contributed by atoms with Crippen LogP contribution in [0.2, 0.25) is 0 Å². The predicted octanol–water partition coefficient (Wildman–Crippen LogP) is 1.01. The third kappa shape index (κ3) is 12.1. The van der Waals surface area contributed by atoms with Crippen LogP contribution in [0.3, 0.4) is 0 Å². The number of alkyl halides is 6. The highest BCUT2D eigenvalue weighted by atomic mass is 31.2. The summed E-state index contributed by atoms with van der Waals surface area (Å²) in [6.45, 7) is 0.473. The van der Waals surface area contributed by atoms with Crippen molar-refractivity contribution in [2.45, 2.75) is 68.7 Å². The molecule has 7 atom stereocenters. The second kappa shape index (κ2) is 18.5. The molecule has 0 radical (unpaired) electrons. The zero-order chi connectivity index (χ0) is 40.8. The Bertz CT molecular complexity index is 1730. The van der Waals surface area contributed by atoms with Gasteiger partial charge in [0.2, 0.25) is 0 Å². The van der Waals surface area contributed by atoms with E-state index in [1.54, 1.807) is 11.9 Å². The number of nitrogens with zero attached hydrogens (tertiary/aromatic N) is 3. The third-order valence-corrected chi connectivity index (χ3v) is 8.69. The van der Waals surface area contributed by atoms with Crippen molar-refractivity contribution in [3.63, 3.8) is 0 Å². The van der Waals surface area contributed by atoms with Crippen molar-refractivity contribution in [2.24, 2.45) is 0 Å². The largest absolute Gasteiger partial charge is 0.454 e. The maximum absolute atomic E-state index is 13.7. The zero-order valence-electron chi connectivity index (χ0n) is 28.3. The number of aliphatic hydroxyl groups is 5. The highest BCUT2D eigenvalue weighted by molar-refractivity contribution is 7.49. The standard InChI is InChI=1S/C23H22F7N4O6P.C7H17NO5/c1-12(14-8-15(22(25,26)27)10-16(9-14)23(28,29)30)40-20-19(13-2-4-17(24)5-3-13)33(6-7-39-20)11-18-31-21(35)34(32-18)41(36,37)38;1-8-2-4(10)6(12)7(13)5(11)3-9/h2-5,8-10,12,19-20H,6-7,11H2,1H3,(H,31,32,35)(H2,36,37,38);4-13H,2-3H2,1H3/t12?,19-,20+;4-,5+,6+,7+/m00/s1. The number of hydrogen-bond donors (Lipinski definition) is 9. The van der Waals surface area contributed by atoms with E-state index >= 15 is 0 Å². The van der Waals surface area contributed by atoms with E-state index < -0.39 is 97.8 Å². The molecule has 24 heteroatoms. The van der Waals surface area contributed by atoms with Gasteiger partial charge in [0.25, 0.3) is 0 Å². The van der Waals surface area contributed by atoms with E-state index in [1.807, 2.05) is 0 Å². The van der Waals surface area contributed by atoms with Gasteiger partial charge < -0.3 is 50.1 Å². The minimum absolute atomic E-state index is 0.00603. The number of benzene rings is 2. The Morgan fingerprint density at radius 2 is 1.56 bits per heavy atom. The van der Waals surface area contributed by atoms with Crippen LogP contribution in [-0.2, 0) is 32.9 Å². The normalized spacial score (nSPS) is 20.1. The van der Waals surface area contributed by atoms with Crippen LogP contribution in [0.4, 0.5) is 30.7 Å². The van der Waals surface area contributed by atoms with E-state index in [0.717, 1.165) is 12.1 Å². The third-order valence-electron chi connectivity index (χ3n) is 7.93. The van der Waals surface area contributed by atoms with Gasteiger partial charge in [-0.1, -0.05) is 12.1 Å². The minimum atomic E-state index is -5.07. The molecule has 1 aliphatic rings. The smallest absolute Gasteiger partial charge is 0.394 e. The Morgan fingerprint density at radius 3 is 2.04 bits per heavy atom. The molecule has 1 fully saturated rings. The highest BCUT2D eigenvalue weighted by Gasteiger charge is 2.40. The topological polar surface area (TPSA) is 243 Å². The van der Waals surface area contributed by atoms with Crippen LogP contribution in [0.15, 0.2) is 47.3 Å². The molecule has 4 rings (SSSR count). The Labute approximate surface area is 301 Å². The fraction of sp³-hybridized carbons (Fsp3) is 0.533. The first-order valence-corrected chi connectivity index (χ1v) is 17.3. The Kier molecular flexibility index (Phi) is 15.5. The van der Waals surface area contributed by atoms with Crippen molar-refractivity contribution >= 4 is 7.75 Å². The van der Waals surface area contributed by atoms with Gasteiger partial charge in [-0.05, 0) is 55.4 Å². The molecule has 54 heavy (non-hydrogen) atoms. The number of aromatic amines is 1. The SMILES string of the molecule is CC(O[C@H]1OCCN(Cc2nn(P(=O)(O)O)c(=O)[nH]2)[C@H]1c1ccc(F)cc1)c1cc(C(F)(F)F)cc(C(F)(F)F)c1.CNC[C@H](O)[C@@H](O)[C@H](O)[C@H](O)CO. The first-order valence-electron chi connectivity index (χ1n) is 15.8. The predicted molar refractivity (Wildman–Crippen MR) is 171 cm³/mol. The van der Waals surface area contributed by atoms with Crippen molar-refractivity contribution in [1.82, 2.24) is 24.8 Å². The number of ether oxygens (including phenoxy) is 2. The Hall–Kier alpha value is -3.32. The molecule has 0 amide bonds. The maximum Gasteiger partial charge on any atom is 0.454 e. The molecule has 9 N–H and O–H groups in total. The first kappa shape index (κ1) is 45.1. The molecular weight excluding hydrogens is 770 g/mol. The average Bonchev–Trinajstić information content (AvgIpc) is 3.47. The summed E-state index contributed by atoms with van der Waals surface area (Å²) >= 11 is 0. The van der Waals surface area contributed by atoms with E-state index in [9.17, 15) is 55.0 Å². The van der Waals surface area contributed by atoms with Gasteiger partial charge in [0.05, 0.1) is 49.1 Å². The number of aromatic nitrogens is 3. The summed E-state index contributed by atoms with van der Waals surface area (Å²) in [4.78, 5) is 34.3. The van der Waals surface area contributed by atoms with Crippen molar-refractivity contribution in [1.29, 1.82) is 0 Å². The average molecular weight is 810 g/mol. The molecule has 2 heterocycles. The van der Waals surface area contributed by atoms with Gasteiger partial charge in [-0.2, -0.15) is 26.3 Å². The molecule has 1 aromatic heterocycles. The van der Waals surface area contributed by atoms with E-state index in [2.05, 4.69) is 15.4 Å². The molecule has 0 bridgehead atoms. The second-order valence-corrected chi connectivity index (χ2v) is 13.4. The van der Waals surface area contributed by atoms with Crippen LogP contribution in [0, 0.1) is 5.82 Å². The van der Waals surface area contributed by atoms with Crippen LogP contribution < -0.4 is 11.0 Å². The molecule has 1 unspecified atom stereocenters. The highest BCUT2D eigenvalue weighted by Crippen LogP contribution is 2.40. The summed E-state index contributed by atoms with van der Waals surface area (Å²) in [5.74, 6) is -0.775. The molecule has 3 aromatic rings. The Balaban J connectivity index is 0.000000515.